The first-order chi connectivity index (χ1) is 8.58. The summed E-state index contributed by atoms with van der Waals surface area (Å²) in [6, 6.07) is 3.31. The highest BCUT2D eigenvalue weighted by Gasteiger charge is 2.09. The zero-order chi connectivity index (χ0) is 13.1. The van der Waals surface area contributed by atoms with Crippen LogP contribution in [0.25, 0.3) is 0 Å². The minimum absolute atomic E-state index is 0.180. The van der Waals surface area contributed by atoms with Crippen molar-refractivity contribution >= 4 is 29.1 Å². The molecule has 0 aliphatic carbocycles. The Hall–Kier alpha value is -1.59. The van der Waals surface area contributed by atoms with Gasteiger partial charge in [-0.1, -0.05) is 23.2 Å². The molecule has 0 bridgehead atoms. The summed E-state index contributed by atoms with van der Waals surface area (Å²) in [5.74, 6) is -0.262. The van der Waals surface area contributed by atoms with Crippen LogP contribution in [-0.2, 0) is 13.6 Å². The smallest absolute Gasteiger partial charge is 0.253 e. The van der Waals surface area contributed by atoms with Crippen molar-refractivity contribution < 1.29 is 4.79 Å². The lowest BCUT2D eigenvalue weighted by atomic mass is 10.2. The van der Waals surface area contributed by atoms with Gasteiger partial charge in [-0.2, -0.15) is 5.10 Å². The fourth-order valence-corrected chi connectivity index (χ4v) is 1.66. The van der Waals surface area contributed by atoms with E-state index in [1.807, 2.05) is 13.1 Å². The number of amides is 1. The fourth-order valence-electron chi connectivity index (χ4n) is 1.39. The summed E-state index contributed by atoms with van der Waals surface area (Å²) in [5.41, 5.74) is 1.27. The average Bonchev–Trinajstić information content (AvgIpc) is 2.75. The quantitative estimate of drug-likeness (QED) is 0.878. The summed E-state index contributed by atoms with van der Waals surface area (Å²) in [5, 5.41) is 7.19. The second-order valence-electron chi connectivity index (χ2n) is 3.63. The first-order valence-electron chi connectivity index (χ1n) is 5.14. The third kappa shape index (κ3) is 2.80. The lowest BCUT2D eigenvalue weighted by molar-refractivity contribution is 0.0949. The maximum atomic E-state index is 11.8. The Morgan fingerprint density at radius 3 is 2.89 bits per heavy atom. The lowest BCUT2D eigenvalue weighted by Gasteiger charge is -2.06. The Balaban J connectivity index is 2.04. The third-order valence-corrected chi connectivity index (χ3v) is 3.10. The van der Waals surface area contributed by atoms with Crippen molar-refractivity contribution in [2.45, 2.75) is 6.54 Å². The number of rotatable bonds is 3. The summed E-state index contributed by atoms with van der Waals surface area (Å²) in [4.78, 5) is 15.6. The summed E-state index contributed by atoms with van der Waals surface area (Å²) in [6.45, 7) is 0.385. The minimum Gasteiger partial charge on any atom is -0.346 e. The van der Waals surface area contributed by atoms with Crippen LogP contribution < -0.4 is 5.32 Å². The molecule has 0 aliphatic heterocycles. The molecular weight excluding hydrogens is 275 g/mol. The van der Waals surface area contributed by atoms with Gasteiger partial charge >= 0.3 is 0 Å². The van der Waals surface area contributed by atoms with Gasteiger partial charge < -0.3 is 5.32 Å². The van der Waals surface area contributed by atoms with Gasteiger partial charge in [0, 0.05) is 19.4 Å². The molecule has 0 fully saturated rings. The number of hydrogen-bond donors (Lipinski definition) is 1. The molecule has 0 aromatic carbocycles. The Morgan fingerprint density at radius 1 is 1.50 bits per heavy atom. The highest BCUT2D eigenvalue weighted by molar-refractivity contribution is 6.41. The molecule has 0 spiro atoms. The first-order valence-corrected chi connectivity index (χ1v) is 5.89. The maximum Gasteiger partial charge on any atom is 0.253 e. The normalized spacial score (nSPS) is 10.4. The van der Waals surface area contributed by atoms with Gasteiger partial charge in [-0.3, -0.25) is 9.48 Å². The van der Waals surface area contributed by atoms with Crippen molar-refractivity contribution in [3.05, 3.63) is 46.0 Å². The molecular formula is C11H10Cl2N4O. The maximum absolute atomic E-state index is 11.8. The van der Waals surface area contributed by atoms with Crippen LogP contribution in [0.2, 0.25) is 10.2 Å². The molecule has 0 radical (unpaired) electrons. The number of aryl methyl sites for hydroxylation is 1. The first kappa shape index (κ1) is 12.9. The van der Waals surface area contributed by atoms with E-state index in [-0.39, 0.29) is 16.1 Å². The zero-order valence-electron chi connectivity index (χ0n) is 9.52. The van der Waals surface area contributed by atoms with Crippen LogP contribution in [0.15, 0.2) is 24.5 Å². The number of carbonyl (C=O) groups is 1. The van der Waals surface area contributed by atoms with Crippen molar-refractivity contribution in [2.24, 2.45) is 7.05 Å². The molecule has 2 heterocycles. The molecule has 0 unspecified atom stereocenters. The molecule has 0 aliphatic rings. The van der Waals surface area contributed by atoms with Crippen molar-refractivity contribution in [3.63, 3.8) is 0 Å². The van der Waals surface area contributed by atoms with E-state index in [0.29, 0.717) is 12.1 Å². The topological polar surface area (TPSA) is 59.8 Å². The van der Waals surface area contributed by atoms with Gasteiger partial charge in [-0.25, -0.2) is 4.98 Å². The largest absolute Gasteiger partial charge is 0.346 e. The van der Waals surface area contributed by atoms with Gasteiger partial charge in [0.1, 0.15) is 5.15 Å². The molecule has 1 amide bonds. The van der Waals surface area contributed by atoms with Crippen molar-refractivity contribution in [1.82, 2.24) is 20.1 Å². The summed E-state index contributed by atoms with van der Waals surface area (Å²) < 4.78 is 1.69. The van der Waals surface area contributed by atoms with Gasteiger partial charge in [0.25, 0.3) is 5.91 Å². The highest BCUT2D eigenvalue weighted by atomic mass is 35.5. The van der Waals surface area contributed by atoms with E-state index in [1.54, 1.807) is 10.9 Å². The Morgan fingerprint density at radius 2 is 2.28 bits per heavy atom. The number of halogens is 2. The monoisotopic (exact) mass is 284 g/mol. The van der Waals surface area contributed by atoms with E-state index in [9.17, 15) is 4.79 Å². The molecule has 18 heavy (non-hydrogen) atoms. The number of hydrogen-bond acceptors (Lipinski definition) is 3. The van der Waals surface area contributed by atoms with E-state index < -0.39 is 0 Å². The van der Waals surface area contributed by atoms with Gasteiger partial charge in [0.2, 0.25) is 0 Å². The number of aromatic nitrogens is 3. The Labute approximate surface area is 114 Å². The van der Waals surface area contributed by atoms with Crippen molar-refractivity contribution in [2.75, 3.05) is 0 Å². The summed E-state index contributed by atoms with van der Waals surface area (Å²) in [6.07, 6.45) is 3.05. The van der Waals surface area contributed by atoms with Gasteiger partial charge in [0.15, 0.2) is 0 Å². The van der Waals surface area contributed by atoms with Crippen LogP contribution in [0.1, 0.15) is 16.1 Å². The van der Waals surface area contributed by atoms with Gasteiger partial charge in [-0.05, 0) is 12.1 Å². The van der Waals surface area contributed by atoms with E-state index in [1.165, 1.54) is 12.3 Å². The average molecular weight is 285 g/mol. The number of nitrogens with zero attached hydrogens (tertiary/aromatic N) is 3. The second-order valence-corrected chi connectivity index (χ2v) is 4.39. The summed E-state index contributed by atoms with van der Waals surface area (Å²) in [7, 11) is 1.81. The molecule has 2 rings (SSSR count). The van der Waals surface area contributed by atoms with E-state index in [0.717, 1.165) is 5.69 Å². The zero-order valence-corrected chi connectivity index (χ0v) is 11.0. The standard InChI is InChI=1S/C11H10Cl2N4O/c1-17-8(2-3-16-17)6-15-11(18)7-4-9(12)10(13)14-5-7/h2-5H,6H2,1H3,(H,15,18). The minimum atomic E-state index is -0.262. The SMILES string of the molecule is Cn1nccc1CNC(=O)c1cnc(Cl)c(Cl)c1. The van der Waals surface area contributed by atoms with Crippen LogP contribution in [0.4, 0.5) is 0 Å². The van der Waals surface area contributed by atoms with E-state index >= 15 is 0 Å². The van der Waals surface area contributed by atoms with Gasteiger partial charge in [-0.15, -0.1) is 0 Å². The van der Waals surface area contributed by atoms with Crippen molar-refractivity contribution in [1.29, 1.82) is 0 Å². The molecule has 1 N–H and O–H groups in total. The lowest BCUT2D eigenvalue weighted by Crippen LogP contribution is -2.24. The van der Waals surface area contributed by atoms with Crippen LogP contribution in [0.3, 0.4) is 0 Å². The fraction of sp³-hybridized carbons (Fsp3) is 0.182. The summed E-state index contributed by atoms with van der Waals surface area (Å²) >= 11 is 11.5. The highest BCUT2D eigenvalue weighted by Crippen LogP contribution is 2.19. The van der Waals surface area contributed by atoms with Crippen molar-refractivity contribution in [3.8, 4) is 0 Å². The molecule has 2 aromatic heterocycles. The Kier molecular flexibility index (Phi) is 3.84. The molecule has 7 heteroatoms. The Bertz CT molecular complexity index is 582. The van der Waals surface area contributed by atoms with Crippen LogP contribution in [-0.4, -0.2) is 20.7 Å². The number of carbonyl (C=O) groups excluding carboxylic acids is 1. The van der Waals surface area contributed by atoms with E-state index in [2.05, 4.69) is 15.4 Å². The molecule has 0 atom stereocenters. The second kappa shape index (κ2) is 5.37. The van der Waals surface area contributed by atoms with E-state index in [4.69, 9.17) is 23.2 Å². The van der Waals surface area contributed by atoms with Crippen LogP contribution >= 0.6 is 23.2 Å². The third-order valence-electron chi connectivity index (χ3n) is 2.41. The predicted octanol–water partition coefficient (Wildman–Crippen LogP) is 2.05. The molecule has 94 valence electrons. The van der Waals surface area contributed by atoms with Gasteiger partial charge in [0.05, 0.1) is 22.8 Å². The predicted molar refractivity (Wildman–Crippen MR) is 68.6 cm³/mol. The van der Waals surface area contributed by atoms with Crippen LogP contribution in [0, 0.1) is 0 Å². The molecule has 0 saturated heterocycles. The number of pyridine rings is 1. The number of nitrogens with one attached hydrogen (secondary N) is 1. The molecule has 2 aromatic rings. The molecule has 0 saturated carbocycles. The molecule has 5 nitrogen and oxygen atoms in total. The van der Waals surface area contributed by atoms with Crippen LogP contribution in [0.5, 0.6) is 0 Å².